The van der Waals surface area contributed by atoms with Gasteiger partial charge >= 0.3 is 0 Å². The summed E-state index contributed by atoms with van der Waals surface area (Å²) >= 11 is 0. The van der Waals surface area contributed by atoms with E-state index in [2.05, 4.69) is 5.32 Å². The molecule has 132 valence electrons. The Kier molecular flexibility index (Phi) is 6.05. The number of aryl methyl sites for hydroxylation is 1. The topological polar surface area (TPSA) is 81.5 Å². The Labute approximate surface area is 144 Å². The fourth-order valence-electron chi connectivity index (χ4n) is 2.37. The first-order valence-corrected chi connectivity index (χ1v) is 7.78. The van der Waals surface area contributed by atoms with Crippen molar-refractivity contribution < 1.29 is 18.8 Å². The van der Waals surface area contributed by atoms with Crippen molar-refractivity contribution in [3.8, 4) is 5.75 Å². The number of nitrogens with zero attached hydrogens (tertiary/aromatic N) is 1. The summed E-state index contributed by atoms with van der Waals surface area (Å²) in [6, 6.07) is 9.72. The summed E-state index contributed by atoms with van der Waals surface area (Å²) in [6.07, 6.45) is 1.45. The summed E-state index contributed by atoms with van der Waals surface area (Å²) in [5, 5.41) is 13.6. The molecule has 0 atom stereocenters. The molecular formula is C18H19FN2O4. The molecule has 1 N–H and O–H groups in total. The second-order valence-electron chi connectivity index (χ2n) is 5.57. The van der Waals surface area contributed by atoms with E-state index in [0.29, 0.717) is 13.0 Å². The highest BCUT2D eigenvalue weighted by Crippen LogP contribution is 2.22. The number of halogens is 1. The van der Waals surface area contributed by atoms with Crippen molar-refractivity contribution in [3.63, 3.8) is 0 Å². The standard InChI is InChI=1S/C18H19FN2O4/c1-12-16(19)10-14(11-17(12)21(23)24)18(22)20-9-3-4-13-5-7-15(25-2)8-6-13/h5-8,10-11H,3-4,9H2,1-2H3,(H,20,22). The number of methoxy groups -OCH3 is 1. The minimum absolute atomic E-state index is 0.0563. The fourth-order valence-corrected chi connectivity index (χ4v) is 2.37. The van der Waals surface area contributed by atoms with Gasteiger partial charge in [-0.15, -0.1) is 0 Å². The molecule has 0 aliphatic heterocycles. The number of amides is 1. The summed E-state index contributed by atoms with van der Waals surface area (Å²) in [6.45, 7) is 1.69. The number of hydrogen-bond acceptors (Lipinski definition) is 4. The van der Waals surface area contributed by atoms with Crippen molar-refractivity contribution in [2.75, 3.05) is 13.7 Å². The van der Waals surface area contributed by atoms with Crippen LogP contribution in [0.5, 0.6) is 5.75 Å². The van der Waals surface area contributed by atoms with Crippen molar-refractivity contribution >= 4 is 11.6 Å². The van der Waals surface area contributed by atoms with Gasteiger partial charge in [-0.05, 0) is 43.5 Å². The molecule has 0 aliphatic rings. The monoisotopic (exact) mass is 346 g/mol. The summed E-state index contributed by atoms with van der Waals surface area (Å²) in [5.41, 5.74) is 0.566. The number of nitro benzene ring substituents is 1. The van der Waals surface area contributed by atoms with Gasteiger partial charge in [-0.2, -0.15) is 0 Å². The molecule has 0 aliphatic carbocycles. The molecule has 1 amide bonds. The van der Waals surface area contributed by atoms with Crippen LogP contribution in [0.2, 0.25) is 0 Å². The van der Waals surface area contributed by atoms with Crippen LogP contribution in [0.15, 0.2) is 36.4 Å². The number of ether oxygens (including phenoxy) is 1. The number of rotatable bonds is 7. The van der Waals surface area contributed by atoms with Crippen molar-refractivity contribution in [2.24, 2.45) is 0 Å². The van der Waals surface area contributed by atoms with Gasteiger partial charge in [0, 0.05) is 18.2 Å². The van der Waals surface area contributed by atoms with Crippen LogP contribution in [0.1, 0.15) is 27.9 Å². The molecule has 0 unspecified atom stereocenters. The Morgan fingerprint density at radius 1 is 1.28 bits per heavy atom. The fraction of sp³-hybridized carbons (Fsp3) is 0.278. The van der Waals surface area contributed by atoms with Crippen LogP contribution in [0.25, 0.3) is 0 Å². The molecule has 2 aromatic rings. The van der Waals surface area contributed by atoms with Gasteiger partial charge in [0.2, 0.25) is 0 Å². The quantitative estimate of drug-likeness (QED) is 0.473. The molecule has 0 fully saturated rings. The minimum Gasteiger partial charge on any atom is -0.497 e. The smallest absolute Gasteiger partial charge is 0.276 e. The lowest BCUT2D eigenvalue weighted by Crippen LogP contribution is -2.25. The third-order valence-corrected chi connectivity index (χ3v) is 3.86. The Morgan fingerprint density at radius 3 is 2.56 bits per heavy atom. The van der Waals surface area contributed by atoms with Gasteiger partial charge in [-0.3, -0.25) is 14.9 Å². The number of benzene rings is 2. The molecule has 25 heavy (non-hydrogen) atoms. The van der Waals surface area contributed by atoms with E-state index < -0.39 is 22.3 Å². The Hall–Kier alpha value is -2.96. The molecule has 0 bridgehead atoms. The summed E-state index contributed by atoms with van der Waals surface area (Å²) in [7, 11) is 1.60. The zero-order chi connectivity index (χ0) is 18.4. The van der Waals surface area contributed by atoms with E-state index in [0.717, 1.165) is 29.9 Å². The molecule has 7 heteroatoms. The number of hydrogen-bond donors (Lipinski definition) is 1. The number of carbonyl (C=O) groups excluding carboxylic acids is 1. The first kappa shape index (κ1) is 18.4. The lowest BCUT2D eigenvalue weighted by Gasteiger charge is -2.07. The van der Waals surface area contributed by atoms with Gasteiger partial charge in [-0.25, -0.2) is 4.39 Å². The van der Waals surface area contributed by atoms with Crippen molar-refractivity contribution in [1.82, 2.24) is 5.32 Å². The van der Waals surface area contributed by atoms with E-state index in [4.69, 9.17) is 4.74 Å². The molecule has 0 radical (unpaired) electrons. The zero-order valence-corrected chi connectivity index (χ0v) is 14.0. The molecule has 2 rings (SSSR count). The van der Waals surface area contributed by atoms with Crippen LogP contribution in [-0.4, -0.2) is 24.5 Å². The third kappa shape index (κ3) is 4.76. The van der Waals surface area contributed by atoms with Crippen LogP contribution in [0.3, 0.4) is 0 Å². The van der Waals surface area contributed by atoms with Gasteiger partial charge in [-0.1, -0.05) is 12.1 Å². The highest BCUT2D eigenvalue weighted by Gasteiger charge is 2.19. The number of carbonyl (C=O) groups is 1. The maximum Gasteiger partial charge on any atom is 0.276 e. The second kappa shape index (κ2) is 8.23. The average molecular weight is 346 g/mol. The predicted molar refractivity (Wildman–Crippen MR) is 91.4 cm³/mol. The molecule has 0 saturated carbocycles. The molecule has 6 nitrogen and oxygen atoms in total. The molecule has 0 heterocycles. The molecule has 0 spiro atoms. The third-order valence-electron chi connectivity index (χ3n) is 3.86. The molecule has 0 saturated heterocycles. The van der Waals surface area contributed by atoms with E-state index in [1.807, 2.05) is 24.3 Å². The van der Waals surface area contributed by atoms with Gasteiger partial charge in [0.25, 0.3) is 11.6 Å². The average Bonchev–Trinajstić information content (AvgIpc) is 2.60. The summed E-state index contributed by atoms with van der Waals surface area (Å²) < 4.78 is 18.8. The summed E-state index contributed by atoms with van der Waals surface area (Å²) in [4.78, 5) is 22.3. The van der Waals surface area contributed by atoms with E-state index in [1.165, 1.54) is 6.92 Å². The predicted octanol–water partition coefficient (Wildman–Crippen LogP) is 3.41. The van der Waals surface area contributed by atoms with Crippen molar-refractivity contribution in [1.29, 1.82) is 0 Å². The highest BCUT2D eigenvalue weighted by molar-refractivity contribution is 5.95. The highest BCUT2D eigenvalue weighted by atomic mass is 19.1. The largest absolute Gasteiger partial charge is 0.497 e. The van der Waals surface area contributed by atoms with E-state index in [1.54, 1.807) is 7.11 Å². The van der Waals surface area contributed by atoms with Crippen molar-refractivity contribution in [2.45, 2.75) is 19.8 Å². The SMILES string of the molecule is COc1ccc(CCCNC(=O)c2cc(F)c(C)c([N+](=O)[O-])c2)cc1. The molecule has 2 aromatic carbocycles. The van der Waals surface area contributed by atoms with E-state index in [9.17, 15) is 19.3 Å². The van der Waals surface area contributed by atoms with Crippen LogP contribution >= 0.6 is 0 Å². The number of nitro groups is 1. The summed E-state index contributed by atoms with van der Waals surface area (Å²) in [5.74, 6) is -0.519. The van der Waals surface area contributed by atoms with Crippen LogP contribution in [0.4, 0.5) is 10.1 Å². The first-order valence-electron chi connectivity index (χ1n) is 7.78. The van der Waals surface area contributed by atoms with Gasteiger partial charge in [0.15, 0.2) is 0 Å². The molecular weight excluding hydrogens is 327 g/mol. The van der Waals surface area contributed by atoms with Gasteiger partial charge in [0.05, 0.1) is 17.6 Å². The van der Waals surface area contributed by atoms with Crippen LogP contribution in [-0.2, 0) is 6.42 Å². The zero-order valence-electron chi connectivity index (χ0n) is 14.0. The maximum atomic E-state index is 13.7. The Balaban J connectivity index is 1.90. The minimum atomic E-state index is -0.766. The lowest BCUT2D eigenvalue weighted by atomic mass is 10.1. The maximum absolute atomic E-state index is 13.7. The Morgan fingerprint density at radius 2 is 1.96 bits per heavy atom. The van der Waals surface area contributed by atoms with E-state index in [-0.39, 0.29) is 11.1 Å². The Bertz CT molecular complexity index is 775. The van der Waals surface area contributed by atoms with Gasteiger partial charge < -0.3 is 10.1 Å². The van der Waals surface area contributed by atoms with Crippen LogP contribution in [0, 0.1) is 22.9 Å². The second-order valence-corrected chi connectivity index (χ2v) is 5.57. The lowest BCUT2D eigenvalue weighted by molar-refractivity contribution is -0.385. The number of nitrogens with one attached hydrogen (secondary N) is 1. The normalized spacial score (nSPS) is 10.4. The van der Waals surface area contributed by atoms with E-state index >= 15 is 0 Å². The molecule has 0 aromatic heterocycles. The van der Waals surface area contributed by atoms with Crippen molar-refractivity contribution in [3.05, 3.63) is 69.0 Å². The van der Waals surface area contributed by atoms with Crippen LogP contribution < -0.4 is 10.1 Å². The van der Waals surface area contributed by atoms with Gasteiger partial charge in [0.1, 0.15) is 11.6 Å². The first-order chi connectivity index (χ1) is 11.9.